The molecule has 0 fully saturated rings. The van der Waals surface area contributed by atoms with E-state index in [-0.39, 0.29) is 6.61 Å². The number of amides is 1. The Morgan fingerprint density at radius 3 is 2.14 bits per heavy atom. The fraction of sp³-hybridized carbons (Fsp3) is 0.174. The molecule has 0 bridgehead atoms. The summed E-state index contributed by atoms with van der Waals surface area (Å²) in [7, 11) is 0. The average Bonchev–Trinajstić information content (AvgIpc) is 2.74. The first-order valence-corrected chi connectivity index (χ1v) is 10.1. The summed E-state index contributed by atoms with van der Waals surface area (Å²) in [4.78, 5) is 28.2. The molecule has 0 radical (unpaired) electrons. The van der Waals surface area contributed by atoms with Crippen LogP contribution in [0.3, 0.4) is 0 Å². The first kappa shape index (κ1) is 21.2. The Hall–Kier alpha value is -2.54. The lowest BCUT2D eigenvalue weighted by molar-refractivity contribution is -0.137. The first-order valence-electron chi connectivity index (χ1n) is 9.20. The zero-order chi connectivity index (χ0) is 20.8. The third kappa shape index (κ3) is 4.72. The number of allylic oxidation sites excluding steroid dienone is 3. The predicted octanol–water partition coefficient (Wildman–Crippen LogP) is 4.00. The number of rotatable bonds is 7. The maximum Gasteiger partial charge on any atom is 0.256 e. The fourth-order valence-electron chi connectivity index (χ4n) is 3.40. The number of carbonyl (C=O) groups excluding carboxylic acids is 2. The van der Waals surface area contributed by atoms with Crippen molar-refractivity contribution in [3.63, 3.8) is 0 Å². The van der Waals surface area contributed by atoms with Crippen molar-refractivity contribution in [1.82, 2.24) is 4.90 Å². The second-order valence-electron chi connectivity index (χ2n) is 6.61. The Kier molecular flexibility index (Phi) is 7.14. The molecule has 1 N–H and O–H groups in total. The van der Waals surface area contributed by atoms with Crippen molar-refractivity contribution in [1.29, 1.82) is 0 Å². The molecule has 0 saturated carbocycles. The lowest BCUT2D eigenvalue weighted by Gasteiger charge is -2.37. The number of carbonyl (C=O) groups is 2. The standard InChI is InChI=1S/C23H21NO3S2/c25-15-19(16-9-3-1-4-10-16)24(22(26)18-13-7-8-14-20(18)28)21(23(27)29)17-11-5-2-6-12-17/h1-13,19,21,25H,14-15H2,(H,27,29). The van der Waals surface area contributed by atoms with E-state index in [0.717, 1.165) is 5.56 Å². The van der Waals surface area contributed by atoms with Gasteiger partial charge in [0, 0.05) is 11.3 Å². The molecular formula is C23H21NO3S2. The lowest BCUT2D eigenvalue weighted by atomic mass is 9.96. The molecule has 2 aromatic rings. The number of hydrogen-bond donors (Lipinski definition) is 2. The third-order valence-corrected chi connectivity index (χ3v) is 5.42. The molecular weight excluding hydrogens is 402 g/mol. The smallest absolute Gasteiger partial charge is 0.256 e. The Morgan fingerprint density at radius 1 is 1.03 bits per heavy atom. The van der Waals surface area contributed by atoms with Gasteiger partial charge in [-0.25, -0.2) is 0 Å². The summed E-state index contributed by atoms with van der Waals surface area (Å²) in [5.41, 5.74) is 1.69. The summed E-state index contributed by atoms with van der Waals surface area (Å²) in [5.74, 6) is -0.404. The molecule has 2 unspecified atom stereocenters. The highest BCUT2D eigenvalue weighted by atomic mass is 32.1. The van der Waals surface area contributed by atoms with Gasteiger partial charge in [-0.2, -0.15) is 0 Å². The van der Waals surface area contributed by atoms with Crippen LogP contribution in [0, 0.1) is 0 Å². The molecule has 3 rings (SSSR count). The number of hydrogen-bond acceptors (Lipinski definition) is 4. The van der Waals surface area contributed by atoms with Crippen molar-refractivity contribution in [3.05, 3.63) is 95.6 Å². The number of aliphatic hydroxyl groups is 1. The zero-order valence-electron chi connectivity index (χ0n) is 15.6. The van der Waals surface area contributed by atoms with Crippen LogP contribution < -0.4 is 0 Å². The maximum atomic E-state index is 13.6. The van der Waals surface area contributed by atoms with Gasteiger partial charge in [0.25, 0.3) is 5.91 Å². The molecule has 0 aliphatic heterocycles. The van der Waals surface area contributed by atoms with E-state index in [1.807, 2.05) is 42.5 Å². The minimum absolute atomic E-state index is 0.351. The van der Waals surface area contributed by atoms with Gasteiger partial charge in [-0.15, -0.1) is 12.6 Å². The molecule has 2 aromatic carbocycles. The van der Waals surface area contributed by atoms with Gasteiger partial charge in [0.15, 0.2) is 0 Å². The van der Waals surface area contributed by atoms with Crippen molar-refractivity contribution in [2.24, 2.45) is 0 Å². The summed E-state index contributed by atoms with van der Waals surface area (Å²) in [6.07, 6.45) is 5.80. The molecule has 0 aromatic heterocycles. The predicted molar refractivity (Wildman–Crippen MR) is 121 cm³/mol. The van der Waals surface area contributed by atoms with Crippen LogP contribution in [0.25, 0.3) is 0 Å². The minimum atomic E-state index is -0.973. The van der Waals surface area contributed by atoms with Crippen molar-refractivity contribution < 1.29 is 14.7 Å². The van der Waals surface area contributed by atoms with Crippen LogP contribution in [0.15, 0.2) is 84.5 Å². The summed E-state index contributed by atoms with van der Waals surface area (Å²) in [6.45, 7) is -0.351. The molecule has 0 heterocycles. The second kappa shape index (κ2) is 9.78. The van der Waals surface area contributed by atoms with Crippen molar-refractivity contribution in [3.8, 4) is 0 Å². The van der Waals surface area contributed by atoms with E-state index in [0.29, 0.717) is 22.4 Å². The Balaban J connectivity index is 2.15. The number of thiol groups is 1. The number of benzene rings is 2. The molecule has 2 atom stereocenters. The van der Waals surface area contributed by atoms with Crippen LogP contribution in [-0.4, -0.2) is 32.5 Å². The average molecular weight is 424 g/mol. The van der Waals surface area contributed by atoms with Gasteiger partial charge in [-0.3, -0.25) is 9.59 Å². The Morgan fingerprint density at radius 2 is 1.62 bits per heavy atom. The zero-order valence-corrected chi connectivity index (χ0v) is 17.4. The van der Waals surface area contributed by atoms with Gasteiger partial charge < -0.3 is 10.0 Å². The van der Waals surface area contributed by atoms with Crippen molar-refractivity contribution >= 4 is 40.7 Å². The monoisotopic (exact) mass is 423 g/mol. The van der Waals surface area contributed by atoms with Crippen LogP contribution in [0.5, 0.6) is 0 Å². The highest BCUT2D eigenvalue weighted by Gasteiger charge is 2.37. The van der Waals surface area contributed by atoms with Crippen LogP contribution in [0.4, 0.5) is 0 Å². The van der Waals surface area contributed by atoms with Crippen LogP contribution in [0.1, 0.15) is 29.6 Å². The normalized spacial score (nSPS) is 15.4. The number of nitrogens with zero attached hydrogens (tertiary/aromatic N) is 1. The second-order valence-corrected chi connectivity index (χ2v) is 7.54. The maximum absolute atomic E-state index is 13.6. The Bertz CT molecular complexity index is 955. The van der Waals surface area contributed by atoms with Gasteiger partial charge >= 0.3 is 0 Å². The summed E-state index contributed by atoms with van der Waals surface area (Å²) in [5, 5.41) is 9.76. The molecule has 148 valence electrons. The molecule has 1 aliphatic rings. The van der Waals surface area contributed by atoms with Crippen molar-refractivity contribution in [2.75, 3.05) is 6.61 Å². The molecule has 1 aliphatic carbocycles. The first-order chi connectivity index (χ1) is 14.0. The highest BCUT2D eigenvalue weighted by Crippen LogP contribution is 2.34. The summed E-state index contributed by atoms with van der Waals surface area (Å²) < 4.78 is 0. The van der Waals surface area contributed by atoms with Gasteiger partial charge in [-0.05, 0) is 17.2 Å². The van der Waals surface area contributed by atoms with E-state index in [9.17, 15) is 14.7 Å². The van der Waals surface area contributed by atoms with Crippen LogP contribution in [0.2, 0.25) is 0 Å². The topological polar surface area (TPSA) is 57.6 Å². The van der Waals surface area contributed by atoms with E-state index in [1.54, 1.807) is 36.4 Å². The third-order valence-electron chi connectivity index (χ3n) is 4.79. The van der Waals surface area contributed by atoms with Gasteiger partial charge in [0.1, 0.15) is 6.04 Å². The summed E-state index contributed by atoms with van der Waals surface area (Å²) in [6, 6.07) is 16.4. The van der Waals surface area contributed by atoms with Crippen molar-refractivity contribution in [2.45, 2.75) is 18.5 Å². The SMILES string of the molecule is O=C(S)C(c1ccccc1)N(C(=O)C1=CC=CCC1=S)C(CO)c1ccccc1. The molecule has 0 spiro atoms. The molecule has 4 nitrogen and oxygen atoms in total. The van der Waals surface area contributed by atoms with E-state index in [1.165, 1.54) is 4.90 Å². The number of thiocarbonyl (C=S) groups is 1. The van der Waals surface area contributed by atoms with Gasteiger partial charge in [0.2, 0.25) is 5.12 Å². The van der Waals surface area contributed by atoms with E-state index < -0.39 is 23.1 Å². The molecule has 29 heavy (non-hydrogen) atoms. The van der Waals surface area contributed by atoms with Crippen LogP contribution in [-0.2, 0) is 9.59 Å². The van der Waals surface area contributed by atoms with E-state index >= 15 is 0 Å². The largest absolute Gasteiger partial charge is 0.394 e. The molecule has 0 saturated heterocycles. The van der Waals surface area contributed by atoms with E-state index in [4.69, 9.17) is 12.2 Å². The quantitative estimate of drug-likeness (QED) is 0.522. The van der Waals surface area contributed by atoms with Crippen LogP contribution >= 0.6 is 24.8 Å². The number of aliphatic hydroxyl groups excluding tert-OH is 1. The fourth-order valence-corrected chi connectivity index (χ4v) is 3.92. The Labute approximate surface area is 181 Å². The molecule has 6 heteroatoms. The summed E-state index contributed by atoms with van der Waals surface area (Å²) >= 11 is 9.49. The molecule has 1 amide bonds. The van der Waals surface area contributed by atoms with Gasteiger partial charge in [0.05, 0.1) is 18.2 Å². The van der Waals surface area contributed by atoms with E-state index in [2.05, 4.69) is 12.6 Å². The highest BCUT2D eigenvalue weighted by molar-refractivity contribution is 7.96. The minimum Gasteiger partial charge on any atom is -0.394 e. The lowest BCUT2D eigenvalue weighted by Crippen LogP contribution is -2.43. The van der Waals surface area contributed by atoms with Gasteiger partial charge in [-0.1, -0.05) is 85.0 Å².